The lowest BCUT2D eigenvalue weighted by atomic mass is 10.1. The quantitative estimate of drug-likeness (QED) is 0.600. The number of sulfone groups is 1. The second-order valence-corrected chi connectivity index (χ2v) is 7.71. The maximum atomic E-state index is 12.3. The number of aromatic nitrogens is 1. The van der Waals surface area contributed by atoms with Crippen molar-refractivity contribution in [2.75, 3.05) is 13.4 Å². The lowest BCUT2D eigenvalue weighted by Crippen LogP contribution is -2.11. The van der Waals surface area contributed by atoms with Crippen molar-refractivity contribution in [3.63, 3.8) is 0 Å². The first kappa shape index (κ1) is 18.7. The van der Waals surface area contributed by atoms with E-state index in [9.17, 15) is 13.2 Å². The molecular formula is C19H17NO6S. The highest BCUT2D eigenvalue weighted by Gasteiger charge is 2.20. The predicted molar refractivity (Wildman–Crippen MR) is 97.2 cm³/mol. The minimum absolute atomic E-state index is 0.0236. The van der Waals surface area contributed by atoms with Crippen LogP contribution in [0.3, 0.4) is 0 Å². The molecule has 3 aromatic rings. The maximum absolute atomic E-state index is 12.3. The average Bonchev–Trinajstić information content (AvgIpc) is 3.14. The van der Waals surface area contributed by atoms with Crippen LogP contribution in [0.2, 0.25) is 0 Å². The van der Waals surface area contributed by atoms with Crippen molar-refractivity contribution < 1.29 is 27.2 Å². The first-order valence-corrected chi connectivity index (χ1v) is 9.84. The topological polar surface area (TPSA) is 95.7 Å². The van der Waals surface area contributed by atoms with E-state index in [0.717, 1.165) is 11.8 Å². The number of rotatable bonds is 6. The van der Waals surface area contributed by atoms with Crippen LogP contribution in [0.4, 0.5) is 0 Å². The summed E-state index contributed by atoms with van der Waals surface area (Å²) in [6, 6.07) is 14.8. The van der Waals surface area contributed by atoms with Gasteiger partial charge in [0.15, 0.2) is 22.2 Å². The van der Waals surface area contributed by atoms with Crippen molar-refractivity contribution >= 4 is 15.8 Å². The Balaban J connectivity index is 1.76. The van der Waals surface area contributed by atoms with Crippen LogP contribution in [-0.4, -0.2) is 32.9 Å². The monoisotopic (exact) mass is 387 g/mol. The summed E-state index contributed by atoms with van der Waals surface area (Å²) in [6.45, 7) is -0.181. The van der Waals surface area contributed by atoms with Gasteiger partial charge in [-0.1, -0.05) is 29.4 Å². The van der Waals surface area contributed by atoms with Gasteiger partial charge in [-0.15, -0.1) is 0 Å². The highest BCUT2D eigenvalue weighted by atomic mass is 32.2. The highest BCUT2D eigenvalue weighted by Crippen LogP contribution is 2.29. The fourth-order valence-corrected chi connectivity index (χ4v) is 3.41. The Labute approximate surface area is 156 Å². The zero-order valence-corrected chi connectivity index (χ0v) is 15.5. The Morgan fingerprint density at radius 3 is 2.56 bits per heavy atom. The summed E-state index contributed by atoms with van der Waals surface area (Å²) in [7, 11) is -2.00. The van der Waals surface area contributed by atoms with Crippen molar-refractivity contribution in [1.82, 2.24) is 5.16 Å². The molecule has 0 aliphatic heterocycles. The zero-order chi connectivity index (χ0) is 19.4. The Morgan fingerprint density at radius 2 is 1.81 bits per heavy atom. The van der Waals surface area contributed by atoms with Gasteiger partial charge in [-0.05, 0) is 24.3 Å². The average molecular weight is 387 g/mol. The fourth-order valence-electron chi connectivity index (χ4n) is 2.54. The Kier molecular flexibility index (Phi) is 5.27. The van der Waals surface area contributed by atoms with Crippen LogP contribution in [-0.2, 0) is 21.2 Å². The van der Waals surface area contributed by atoms with Gasteiger partial charge in [0, 0.05) is 17.9 Å². The SMILES string of the molecule is COc1ccccc1-c1cc(COC(=O)c2ccccc2S(C)(=O)=O)on1. The number of ether oxygens (including phenoxy) is 2. The molecule has 0 radical (unpaired) electrons. The summed E-state index contributed by atoms with van der Waals surface area (Å²) in [5.41, 5.74) is 1.25. The Bertz CT molecular complexity index is 1070. The highest BCUT2D eigenvalue weighted by molar-refractivity contribution is 7.90. The van der Waals surface area contributed by atoms with E-state index in [1.165, 1.54) is 12.1 Å². The zero-order valence-electron chi connectivity index (χ0n) is 14.7. The van der Waals surface area contributed by atoms with Crippen LogP contribution in [0.1, 0.15) is 16.1 Å². The Morgan fingerprint density at radius 1 is 1.11 bits per heavy atom. The van der Waals surface area contributed by atoms with Crippen molar-refractivity contribution in [3.8, 4) is 17.0 Å². The molecule has 0 amide bonds. The molecule has 0 aliphatic rings. The summed E-state index contributed by atoms with van der Waals surface area (Å²) in [5, 5.41) is 3.96. The summed E-state index contributed by atoms with van der Waals surface area (Å²) in [6.07, 6.45) is 1.04. The van der Waals surface area contributed by atoms with E-state index in [4.69, 9.17) is 14.0 Å². The van der Waals surface area contributed by atoms with E-state index < -0.39 is 15.8 Å². The van der Waals surface area contributed by atoms with Crippen LogP contribution < -0.4 is 4.74 Å². The molecule has 140 valence electrons. The summed E-state index contributed by atoms with van der Waals surface area (Å²) < 4.78 is 39.3. The lowest BCUT2D eigenvalue weighted by molar-refractivity contribution is 0.0433. The standard InChI is InChI=1S/C19H17NO6S/c1-24-17-9-5-3-7-14(17)16-11-13(26-20-16)12-25-19(21)15-8-4-6-10-18(15)27(2,22)23/h3-11H,12H2,1-2H3. The summed E-state index contributed by atoms with van der Waals surface area (Å²) in [5.74, 6) is 0.198. The molecule has 8 heteroatoms. The number of hydrogen-bond acceptors (Lipinski definition) is 7. The van der Waals surface area contributed by atoms with Gasteiger partial charge < -0.3 is 14.0 Å². The molecule has 7 nitrogen and oxygen atoms in total. The van der Waals surface area contributed by atoms with E-state index in [1.54, 1.807) is 31.4 Å². The number of hydrogen-bond donors (Lipinski definition) is 0. The van der Waals surface area contributed by atoms with Crippen LogP contribution in [0, 0.1) is 0 Å². The molecule has 2 aromatic carbocycles. The van der Waals surface area contributed by atoms with E-state index in [-0.39, 0.29) is 17.1 Å². The second kappa shape index (κ2) is 7.63. The Hall–Kier alpha value is -3.13. The predicted octanol–water partition coefficient (Wildman–Crippen LogP) is 3.11. The van der Waals surface area contributed by atoms with Gasteiger partial charge >= 0.3 is 5.97 Å². The molecule has 27 heavy (non-hydrogen) atoms. The third kappa shape index (κ3) is 4.17. The fraction of sp³-hybridized carbons (Fsp3) is 0.158. The van der Waals surface area contributed by atoms with E-state index in [0.29, 0.717) is 17.2 Å². The van der Waals surface area contributed by atoms with E-state index in [2.05, 4.69) is 5.16 Å². The number of carbonyl (C=O) groups excluding carboxylic acids is 1. The van der Waals surface area contributed by atoms with Crippen molar-refractivity contribution in [2.45, 2.75) is 11.5 Å². The number of methoxy groups -OCH3 is 1. The largest absolute Gasteiger partial charge is 0.496 e. The third-order valence-electron chi connectivity index (χ3n) is 3.79. The molecule has 1 aromatic heterocycles. The molecule has 0 fully saturated rings. The molecule has 0 N–H and O–H groups in total. The van der Waals surface area contributed by atoms with Gasteiger partial charge in [-0.3, -0.25) is 0 Å². The van der Waals surface area contributed by atoms with Crippen molar-refractivity contribution in [3.05, 3.63) is 65.9 Å². The maximum Gasteiger partial charge on any atom is 0.339 e. The molecule has 0 saturated heterocycles. The normalized spacial score (nSPS) is 11.2. The number of benzene rings is 2. The number of nitrogens with zero attached hydrogens (tertiary/aromatic N) is 1. The van der Waals surface area contributed by atoms with Crippen molar-refractivity contribution in [2.24, 2.45) is 0 Å². The molecule has 0 spiro atoms. The molecule has 0 unspecified atom stereocenters. The molecule has 0 aliphatic carbocycles. The van der Waals surface area contributed by atoms with Crippen LogP contribution >= 0.6 is 0 Å². The van der Waals surface area contributed by atoms with Crippen LogP contribution in [0.25, 0.3) is 11.3 Å². The number of esters is 1. The van der Waals surface area contributed by atoms with Gasteiger partial charge in [-0.2, -0.15) is 0 Å². The van der Waals surface area contributed by atoms with Gasteiger partial charge in [0.2, 0.25) is 0 Å². The van der Waals surface area contributed by atoms with Crippen LogP contribution in [0.15, 0.2) is 64.0 Å². The smallest absolute Gasteiger partial charge is 0.339 e. The molecule has 0 bridgehead atoms. The number of para-hydroxylation sites is 1. The van der Waals surface area contributed by atoms with E-state index in [1.807, 2.05) is 18.2 Å². The summed E-state index contributed by atoms with van der Waals surface area (Å²) >= 11 is 0. The third-order valence-corrected chi connectivity index (χ3v) is 4.95. The minimum Gasteiger partial charge on any atom is -0.496 e. The molecule has 1 heterocycles. The molecular weight excluding hydrogens is 370 g/mol. The van der Waals surface area contributed by atoms with Crippen LogP contribution in [0.5, 0.6) is 5.75 Å². The first-order valence-electron chi connectivity index (χ1n) is 7.95. The van der Waals surface area contributed by atoms with Gasteiger partial charge in [0.1, 0.15) is 11.4 Å². The minimum atomic E-state index is -3.55. The van der Waals surface area contributed by atoms with Gasteiger partial charge in [0.05, 0.1) is 17.6 Å². The van der Waals surface area contributed by atoms with Gasteiger partial charge in [0.25, 0.3) is 0 Å². The molecule has 0 atom stereocenters. The lowest BCUT2D eigenvalue weighted by Gasteiger charge is -2.07. The molecule has 0 saturated carbocycles. The first-order chi connectivity index (χ1) is 12.9. The van der Waals surface area contributed by atoms with Gasteiger partial charge in [-0.25, -0.2) is 13.2 Å². The second-order valence-electron chi connectivity index (χ2n) is 5.72. The van der Waals surface area contributed by atoms with Crippen molar-refractivity contribution in [1.29, 1.82) is 0 Å². The number of carbonyl (C=O) groups is 1. The molecule has 3 rings (SSSR count). The van der Waals surface area contributed by atoms with E-state index >= 15 is 0 Å². The summed E-state index contributed by atoms with van der Waals surface area (Å²) in [4.78, 5) is 12.2.